The van der Waals surface area contributed by atoms with E-state index in [4.69, 9.17) is 4.52 Å². The fraction of sp³-hybridized carbons (Fsp3) is 0.857. The first kappa shape index (κ1) is 13.1. The van der Waals surface area contributed by atoms with E-state index in [-0.39, 0.29) is 0 Å². The molecular formula is C14H23N3O2. The van der Waals surface area contributed by atoms with Gasteiger partial charge >= 0.3 is 0 Å². The quantitative estimate of drug-likeness (QED) is 0.855. The van der Waals surface area contributed by atoms with Gasteiger partial charge in [-0.2, -0.15) is 4.98 Å². The molecule has 2 fully saturated rings. The Kier molecular flexibility index (Phi) is 3.58. The van der Waals surface area contributed by atoms with E-state index in [1.807, 2.05) is 0 Å². The normalized spacial score (nSPS) is 36.3. The van der Waals surface area contributed by atoms with E-state index in [9.17, 15) is 5.11 Å². The lowest BCUT2D eigenvalue weighted by Crippen LogP contribution is -2.43. The van der Waals surface area contributed by atoms with Gasteiger partial charge in [0.1, 0.15) is 0 Å². The van der Waals surface area contributed by atoms with Gasteiger partial charge in [-0.25, -0.2) is 0 Å². The van der Waals surface area contributed by atoms with E-state index in [2.05, 4.69) is 22.4 Å². The summed E-state index contributed by atoms with van der Waals surface area (Å²) in [5.41, 5.74) is -0.967. The van der Waals surface area contributed by atoms with Crippen molar-refractivity contribution in [3.8, 4) is 0 Å². The lowest BCUT2D eigenvalue weighted by atomic mass is 9.83. The van der Waals surface area contributed by atoms with Crippen LogP contribution in [0.3, 0.4) is 0 Å². The largest absolute Gasteiger partial charge is 0.379 e. The Labute approximate surface area is 113 Å². The van der Waals surface area contributed by atoms with Gasteiger partial charge in [0.25, 0.3) is 5.89 Å². The number of hydrogen-bond donors (Lipinski definition) is 2. The highest BCUT2D eigenvalue weighted by molar-refractivity contribution is 5.05. The smallest absolute Gasteiger partial charge is 0.259 e. The maximum absolute atomic E-state index is 10.5. The molecule has 0 spiro atoms. The minimum absolute atomic E-state index is 0.397. The van der Waals surface area contributed by atoms with Crippen molar-refractivity contribution >= 4 is 0 Å². The molecule has 1 aliphatic heterocycles. The van der Waals surface area contributed by atoms with Crippen LogP contribution in [0.5, 0.6) is 0 Å². The maximum atomic E-state index is 10.5. The number of nitrogens with zero attached hydrogens (tertiary/aromatic N) is 2. The SMILES string of the molecule is CC1CCC(c2noc(C3(O)CCCNC3)n2)CC1. The van der Waals surface area contributed by atoms with Gasteiger partial charge in [0.15, 0.2) is 11.4 Å². The lowest BCUT2D eigenvalue weighted by Gasteiger charge is -2.28. The Bertz CT molecular complexity index is 418. The first-order chi connectivity index (χ1) is 9.17. The molecule has 0 radical (unpaired) electrons. The second kappa shape index (κ2) is 5.21. The zero-order chi connectivity index (χ0) is 13.3. The highest BCUT2D eigenvalue weighted by Gasteiger charge is 2.37. The fourth-order valence-corrected chi connectivity index (χ4v) is 3.18. The van der Waals surface area contributed by atoms with E-state index in [1.54, 1.807) is 0 Å². The van der Waals surface area contributed by atoms with Gasteiger partial charge in [-0.05, 0) is 38.1 Å². The molecule has 5 heteroatoms. The van der Waals surface area contributed by atoms with Crippen LogP contribution in [0.1, 0.15) is 63.1 Å². The second-order valence-electron chi connectivity index (χ2n) is 6.23. The zero-order valence-corrected chi connectivity index (χ0v) is 11.6. The number of piperidine rings is 1. The molecule has 1 saturated heterocycles. The van der Waals surface area contributed by atoms with Gasteiger partial charge in [-0.1, -0.05) is 24.9 Å². The van der Waals surface area contributed by atoms with Crippen molar-refractivity contribution in [3.63, 3.8) is 0 Å². The molecule has 0 bridgehead atoms. The van der Waals surface area contributed by atoms with Crippen molar-refractivity contribution < 1.29 is 9.63 Å². The second-order valence-corrected chi connectivity index (χ2v) is 6.23. The van der Waals surface area contributed by atoms with Gasteiger partial charge in [0.2, 0.25) is 0 Å². The highest BCUT2D eigenvalue weighted by Crippen LogP contribution is 2.35. The summed E-state index contributed by atoms with van der Waals surface area (Å²) in [6.45, 7) is 3.76. The molecular weight excluding hydrogens is 242 g/mol. The molecule has 5 nitrogen and oxygen atoms in total. The molecule has 1 unspecified atom stereocenters. The van der Waals surface area contributed by atoms with E-state index < -0.39 is 5.60 Å². The van der Waals surface area contributed by atoms with Gasteiger partial charge in [-0.15, -0.1) is 0 Å². The molecule has 1 aliphatic carbocycles. The number of aromatic nitrogens is 2. The first-order valence-corrected chi connectivity index (χ1v) is 7.44. The van der Waals surface area contributed by atoms with Gasteiger partial charge in [-0.3, -0.25) is 0 Å². The molecule has 2 aliphatic rings. The van der Waals surface area contributed by atoms with Crippen LogP contribution in [0, 0.1) is 5.92 Å². The summed E-state index contributed by atoms with van der Waals surface area (Å²) >= 11 is 0. The Hall–Kier alpha value is -0.940. The van der Waals surface area contributed by atoms with Gasteiger partial charge in [0, 0.05) is 12.5 Å². The molecule has 1 aromatic rings. The monoisotopic (exact) mass is 265 g/mol. The summed E-state index contributed by atoms with van der Waals surface area (Å²) in [6, 6.07) is 0. The molecule has 19 heavy (non-hydrogen) atoms. The minimum atomic E-state index is -0.967. The molecule has 0 aromatic carbocycles. The van der Waals surface area contributed by atoms with Crippen LogP contribution < -0.4 is 5.32 Å². The Morgan fingerprint density at radius 3 is 2.79 bits per heavy atom. The topological polar surface area (TPSA) is 71.2 Å². The lowest BCUT2D eigenvalue weighted by molar-refractivity contribution is -0.0167. The average Bonchev–Trinajstić information content (AvgIpc) is 2.91. The molecule has 1 saturated carbocycles. The first-order valence-electron chi connectivity index (χ1n) is 7.44. The molecule has 0 amide bonds. The van der Waals surface area contributed by atoms with Gasteiger partial charge in [0.05, 0.1) is 0 Å². The van der Waals surface area contributed by atoms with Crippen molar-refractivity contribution in [2.24, 2.45) is 5.92 Å². The van der Waals surface area contributed by atoms with Crippen molar-refractivity contribution in [2.45, 2.75) is 57.0 Å². The summed E-state index contributed by atoms with van der Waals surface area (Å²) in [5.74, 6) is 2.41. The molecule has 1 aromatic heterocycles. The van der Waals surface area contributed by atoms with Crippen LogP contribution in [0.15, 0.2) is 4.52 Å². The van der Waals surface area contributed by atoms with Crippen LogP contribution >= 0.6 is 0 Å². The maximum Gasteiger partial charge on any atom is 0.259 e. The van der Waals surface area contributed by atoms with E-state index >= 15 is 0 Å². The van der Waals surface area contributed by atoms with Crippen molar-refractivity contribution in [1.82, 2.24) is 15.5 Å². The highest BCUT2D eigenvalue weighted by atomic mass is 16.5. The van der Waals surface area contributed by atoms with E-state index in [0.717, 1.165) is 37.5 Å². The van der Waals surface area contributed by atoms with Gasteiger partial charge < -0.3 is 14.9 Å². The molecule has 106 valence electrons. The van der Waals surface area contributed by atoms with Crippen molar-refractivity contribution in [1.29, 1.82) is 0 Å². The van der Waals surface area contributed by atoms with E-state index in [1.165, 1.54) is 12.8 Å². The molecule has 2 heterocycles. The number of nitrogens with one attached hydrogen (secondary N) is 1. The average molecular weight is 265 g/mol. The molecule has 2 N–H and O–H groups in total. The number of β-amino-alcohol motifs (C(OH)–C–C–N with tert-alkyl or cyclic N) is 1. The van der Waals surface area contributed by atoms with Crippen LogP contribution in [0.4, 0.5) is 0 Å². The van der Waals surface area contributed by atoms with Crippen LogP contribution in [-0.4, -0.2) is 28.3 Å². The molecule has 3 rings (SSSR count). The Morgan fingerprint density at radius 1 is 1.32 bits per heavy atom. The summed E-state index contributed by atoms with van der Waals surface area (Å²) < 4.78 is 5.34. The predicted octanol–water partition coefficient (Wildman–Crippen LogP) is 1.93. The molecule has 1 atom stereocenters. The zero-order valence-electron chi connectivity index (χ0n) is 11.6. The number of hydrogen-bond acceptors (Lipinski definition) is 5. The third-order valence-electron chi connectivity index (χ3n) is 4.58. The van der Waals surface area contributed by atoms with Crippen molar-refractivity contribution in [2.75, 3.05) is 13.1 Å². The number of rotatable bonds is 2. The minimum Gasteiger partial charge on any atom is -0.379 e. The standard InChI is InChI=1S/C14H23N3O2/c1-10-3-5-11(6-4-10)12-16-13(19-17-12)14(18)7-2-8-15-9-14/h10-11,15,18H,2-9H2,1H3. The summed E-state index contributed by atoms with van der Waals surface area (Å²) in [6.07, 6.45) is 6.38. The predicted molar refractivity (Wildman–Crippen MR) is 70.7 cm³/mol. The van der Waals surface area contributed by atoms with Crippen LogP contribution in [0.2, 0.25) is 0 Å². The number of aliphatic hydroxyl groups is 1. The summed E-state index contributed by atoms with van der Waals surface area (Å²) in [7, 11) is 0. The van der Waals surface area contributed by atoms with E-state index in [0.29, 0.717) is 24.8 Å². The fourth-order valence-electron chi connectivity index (χ4n) is 3.18. The van der Waals surface area contributed by atoms with Crippen LogP contribution in [-0.2, 0) is 5.60 Å². The third-order valence-corrected chi connectivity index (χ3v) is 4.58. The third kappa shape index (κ3) is 2.67. The van der Waals surface area contributed by atoms with Crippen molar-refractivity contribution in [3.05, 3.63) is 11.7 Å². The Morgan fingerprint density at radius 2 is 2.11 bits per heavy atom. The van der Waals surface area contributed by atoms with Crippen LogP contribution in [0.25, 0.3) is 0 Å². The summed E-state index contributed by atoms with van der Waals surface area (Å²) in [4.78, 5) is 4.49. The summed E-state index contributed by atoms with van der Waals surface area (Å²) in [5, 5.41) is 17.8. The Balaban J connectivity index is 1.72.